The van der Waals surface area contributed by atoms with Gasteiger partial charge in [-0.25, -0.2) is 0 Å². The third-order valence-corrected chi connectivity index (χ3v) is 2.14. The summed E-state index contributed by atoms with van der Waals surface area (Å²) in [6.07, 6.45) is 1.30. The molecule has 74 valence electrons. The maximum absolute atomic E-state index is 11.2. The van der Waals surface area contributed by atoms with Gasteiger partial charge in [0.05, 0.1) is 0 Å². The van der Waals surface area contributed by atoms with Crippen LogP contribution in [0.1, 0.15) is 5.56 Å². The molecule has 1 aromatic rings. The summed E-state index contributed by atoms with van der Waals surface area (Å²) in [6.45, 7) is 4.00. The minimum absolute atomic E-state index is 0.0834. The lowest BCUT2D eigenvalue weighted by Gasteiger charge is -2.14. The number of halogens is 1. The Labute approximate surface area is 88.8 Å². The van der Waals surface area contributed by atoms with E-state index in [-0.39, 0.29) is 5.91 Å². The Bertz CT molecular complexity index is 332. The number of hydrogen-bond donors (Lipinski definition) is 0. The molecule has 0 heterocycles. The van der Waals surface area contributed by atoms with E-state index in [9.17, 15) is 4.79 Å². The molecule has 0 saturated carbocycles. The van der Waals surface area contributed by atoms with Crippen molar-refractivity contribution in [2.24, 2.45) is 0 Å². The van der Waals surface area contributed by atoms with Crippen molar-refractivity contribution in [1.29, 1.82) is 0 Å². The second kappa shape index (κ2) is 4.82. The number of carbonyl (C=O) groups excluding carboxylic acids is 1. The SMILES string of the molecule is C=CC(=O)N(C)Cc1ccc(Cl)cc1. The van der Waals surface area contributed by atoms with E-state index in [1.54, 1.807) is 11.9 Å². The van der Waals surface area contributed by atoms with E-state index < -0.39 is 0 Å². The molecule has 0 spiro atoms. The maximum Gasteiger partial charge on any atom is 0.245 e. The van der Waals surface area contributed by atoms with E-state index in [4.69, 9.17) is 11.6 Å². The van der Waals surface area contributed by atoms with Gasteiger partial charge in [-0.3, -0.25) is 4.79 Å². The van der Waals surface area contributed by atoms with Crippen molar-refractivity contribution in [3.05, 3.63) is 47.5 Å². The lowest BCUT2D eigenvalue weighted by molar-refractivity contribution is -0.125. The largest absolute Gasteiger partial charge is 0.338 e. The third-order valence-electron chi connectivity index (χ3n) is 1.88. The first-order valence-corrected chi connectivity index (χ1v) is 4.63. The minimum atomic E-state index is -0.0834. The molecule has 0 aliphatic rings. The fourth-order valence-electron chi connectivity index (χ4n) is 1.10. The van der Waals surface area contributed by atoms with Gasteiger partial charge < -0.3 is 4.90 Å². The van der Waals surface area contributed by atoms with E-state index in [1.807, 2.05) is 24.3 Å². The summed E-state index contributed by atoms with van der Waals surface area (Å²) in [6, 6.07) is 7.41. The molecule has 3 heteroatoms. The van der Waals surface area contributed by atoms with Crippen LogP contribution < -0.4 is 0 Å². The second-order valence-electron chi connectivity index (χ2n) is 3.02. The van der Waals surface area contributed by atoms with Crippen LogP contribution >= 0.6 is 11.6 Å². The highest BCUT2D eigenvalue weighted by atomic mass is 35.5. The molecule has 1 rings (SSSR count). The predicted octanol–water partition coefficient (Wildman–Crippen LogP) is 2.48. The Balaban J connectivity index is 2.64. The zero-order valence-corrected chi connectivity index (χ0v) is 8.79. The topological polar surface area (TPSA) is 20.3 Å². The van der Waals surface area contributed by atoms with Gasteiger partial charge in [0.15, 0.2) is 0 Å². The Kier molecular flexibility index (Phi) is 3.72. The van der Waals surface area contributed by atoms with Crippen molar-refractivity contribution in [1.82, 2.24) is 4.90 Å². The molecule has 0 saturated heterocycles. The summed E-state index contributed by atoms with van der Waals surface area (Å²) in [5.41, 5.74) is 1.05. The van der Waals surface area contributed by atoms with Gasteiger partial charge in [0.2, 0.25) is 5.91 Å². The lowest BCUT2D eigenvalue weighted by atomic mass is 10.2. The zero-order valence-electron chi connectivity index (χ0n) is 8.03. The molecule has 0 unspecified atom stereocenters. The van der Waals surface area contributed by atoms with Crippen molar-refractivity contribution in [2.45, 2.75) is 6.54 Å². The summed E-state index contributed by atoms with van der Waals surface area (Å²) < 4.78 is 0. The average Bonchev–Trinajstić information content (AvgIpc) is 2.20. The molecule has 14 heavy (non-hydrogen) atoms. The molecule has 0 bridgehead atoms. The number of rotatable bonds is 3. The van der Waals surface area contributed by atoms with Crippen LogP contribution in [0.4, 0.5) is 0 Å². The minimum Gasteiger partial charge on any atom is -0.338 e. The van der Waals surface area contributed by atoms with E-state index >= 15 is 0 Å². The Morgan fingerprint density at radius 1 is 1.50 bits per heavy atom. The summed E-state index contributed by atoms with van der Waals surface area (Å²) in [4.78, 5) is 12.8. The molecule has 1 aromatic carbocycles. The number of amides is 1. The van der Waals surface area contributed by atoms with Gasteiger partial charge in [-0.1, -0.05) is 30.3 Å². The Hall–Kier alpha value is -1.28. The molecule has 2 nitrogen and oxygen atoms in total. The molecular weight excluding hydrogens is 198 g/mol. The molecule has 0 radical (unpaired) electrons. The highest BCUT2D eigenvalue weighted by Gasteiger charge is 2.04. The van der Waals surface area contributed by atoms with E-state index in [2.05, 4.69) is 6.58 Å². The smallest absolute Gasteiger partial charge is 0.245 e. The quantitative estimate of drug-likeness (QED) is 0.701. The van der Waals surface area contributed by atoms with Crippen molar-refractivity contribution < 1.29 is 4.79 Å². The third kappa shape index (κ3) is 2.89. The molecule has 0 fully saturated rings. The molecule has 0 aliphatic carbocycles. The van der Waals surface area contributed by atoms with E-state index in [1.165, 1.54) is 6.08 Å². The first-order valence-electron chi connectivity index (χ1n) is 4.25. The van der Waals surface area contributed by atoms with E-state index in [0.717, 1.165) is 5.56 Å². The summed E-state index contributed by atoms with van der Waals surface area (Å²) >= 11 is 5.74. The molecule has 0 aromatic heterocycles. The fourth-order valence-corrected chi connectivity index (χ4v) is 1.22. The Morgan fingerprint density at radius 2 is 2.07 bits per heavy atom. The van der Waals surface area contributed by atoms with Crippen LogP contribution in [0.15, 0.2) is 36.9 Å². The van der Waals surface area contributed by atoms with Crippen molar-refractivity contribution >= 4 is 17.5 Å². The highest BCUT2D eigenvalue weighted by Crippen LogP contribution is 2.10. The van der Waals surface area contributed by atoms with Gasteiger partial charge in [0, 0.05) is 18.6 Å². The summed E-state index contributed by atoms with van der Waals surface area (Å²) in [7, 11) is 1.73. The average molecular weight is 210 g/mol. The van der Waals surface area contributed by atoms with Gasteiger partial charge in [-0.05, 0) is 23.8 Å². The zero-order chi connectivity index (χ0) is 10.6. The van der Waals surface area contributed by atoms with Crippen LogP contribution in [0.2, 0.25) is 5.02 Å². The monoisotopic (exact) mass is 209 g/mol. The van der Waals surface area contributed by atoms with Crippen LogP contribution in [0.3, 0.4) is 0 Å². The molecule has 0 atom stereocenters. The van der Waals surface area contributed by atoms with Crippen LogP contribution in [0, 0.1) is 0 Å². The fraction of sp³-hybridized carbons (Fsp3) is 0.182. The number of benzene rings is 1. The molecule has 0 aliphatic heterocycles. The maximum atomic E-state index is 11.2. The first kappa shape index (κ1) is 10.8. The van der Waals surface area contributed by atoms with Gasteiger partial charge in [0.1, 0.15) is 0 Å². The van der Waals surface area contributed by atoms with Crippen LogP contribution in [0.5, 0.6) is 0 Å². The molecule has 1 amide bonds. The number of hydrogen-bond acceptors (Lipinski definition) is 1. The van der Waals surface area contributed by atoms with Crippen LogP contribution in [-0.4, -0.2) is 17.9 Å². The molecular formula is C11H12ClNO. The van der Waals surface area contributed by atoms with E-state index in [0.29, 0.717) is 11.6 Å². The lowest BCUT2D eigenvalue weighted by Crippen LogP contribution is -2.23. The van der Waals surface area contributed by atoms with Crippen molar-refractivity contribution in [3.63, 3.8) is 0 Å². The highest BCUT2D eigenvalue weighted by molar-refractivity contribution is 6.30. The number of likely N-dealkylation sites (N-methyl/N-ethyl adjacent to an activating group) is 1. The first-order chi connectivity index (χ1) is 6.63. The normalized spacial score (nSPS) is 9.57. The summed E-state index contributed by atoms with van der Waals surface area (Å²) in [5, 5.41) is 0.700. The van der Waals surface area contributed by atoms with Crippen LogP contribution in [-0.2, 0) is 11.3 Å². The summed E-state index contributed by atoms with van der Waals surface area (Å²) in [5.74, 6) is -0.0834. The number of carbonyl (C=O) groups is 1. The van der Waals surface area contributed by atoms with Gasteiger partial charge in [-0.15, -0.1) is 0 Å². The number of nitrogens with zero attached hydrogens (tertiary/aromatic N) is 1. The van der Waals surface area contributed by atoms with Gasteiger partial charge >= 0.3 is 0 Å². The Morgan fingerprint density at radius 3 is 2.57 bits per heavy atom. The van der Waals surface area contributed by atoms with Crippen molar-refractivity contribution in [3.8, 4) is 0 Å². The second-order valence-corrected chi connectivity index (χ2v) is 3.46. The van der Waals surface area contributed by atoms with Gasteiger partial charge in [0.25, 0.3) is 0 Å². The standard InChI is InChI=1S/C11H12ClNO/c1-3-11(14)13(2)8-9-4-6-10(12)7-5-9/h3-7H,1,8H2,2H3. The molecule has 0 N–H and O–H groups in total. The van der Waals surface area contributed by atoms with Crippen LogP contribution in [0.25, 0.3) is 0 Å². The van der Waals surface area contributed by atoms with Gasteiger partial charge in [-0.2, -0.15) is 0 Å². The predicted molar refractivity (Wildman–Crippen MR) is 58.1 cm³/mol. The van der Waals surface area contributed by atoms with Crippen molar-refractivity contribution in [2.75, 3.05) is 7.05 Å².